The number of anilines is 1. The van der Waals surface area contributed by atoms with Crippen molar-refractivity contribution in [1.82, 2.24) is 9.38 Å². The van der Waals surface area contributed by atoms with Crippen LogP contribution >= 0.6 is 11.3 Å². The van der Waals surface area contributed by atoms with Crippen LogP contribution in [0, 0.1) is 6.92 Å². The van der Waals surface area contributed by atoms with Gasteiger partial charge in [0.15, 0.2) is 4.96 Å². The fourth-order valence-electron chi connectivity index (χ4n) is 3.49. The minimum atomic E-state index is 0.777. The molecule has 3 nitrogen and oxygen atoms in total. The molecule has 0 fully saturated rings. The zero-order valence-corrected chi connectivity index (χ0v) is 14.0. The lowest BCUT2D eigenvalue weighted by molar-refractivity contribution is 0.686. The molecule has 0 spiro atoms. The highest BCUT2D eigenvalue weighted by Gasteiger charge is 2.19. The third-order valence-corrected chi connectivity index (χ3v) is 5.90. The Labute approximate surface area is 134 Å². The molecule has 3 aromatic rings. The Bertz CT molecular complexity index is 857. The van der Waals surface area contributed by atoms with Crippen molar-refractivity contribution >= 4 is 22.1 Å². The second kappa shape index (κ2) is 5.13. The first kappa shape index (κ1) is 13.8. The second-order valence-electron chi connectivity index (χ2n) is 6.12. The van der Waals surface area contributed by atoms with Gasteiger partial charge in [0.2, 0.25) is 0 Å². The van der Waals surface area contributed by atoms with Gasteiger partial charge in [-0.2, -0.15) is 0 Å². The molecule has 114 valence electrons. The molecule has 0 aliphatic heterocycles. The highest BCUT2D eigenvalue weighted by Crippen LogP contribution is 2.36. The summed E-state index contributed by atoms with van der Waals surface area (Å²) in [6, 6.07) is 6.95. The topological polar surface area (TPSA) is 43.3 Å². The maximum atomic E-state index is 6.29. The molecule has 1 aliphatic carbocycles. The molecule has 0 atom stereocenters. The van der Waals surface area contributed by atoms with Crippen LogP contribution in [0.15, 0.2) is 18.2 Å². The van der Waals surface area contributed by atoms with Crippen molar-refractivity contribution in [1.29, 1.82) is 0 Å². The first-order chi connectivity index (χ1) is 10.7. The normalized spacial score (nSPS) is 14.5. The first-order valence-corrected chi connectivity index (χ1v) is 8.89. The third kappa shape index (κ3) is 1.97. The van der Waals surface area contributed by atoms with Gasteiger partial charge in [0.05, 0.1) is 11.4 Å². The predicted octanol–water partition coefficient (Wildman–Crippen LogP) is 4.39. The molecule has 22 heavy (non-hydrogen) atoms. The molecule has 0 radical (unpaired) electrons. The molecule has 0 amide bonds. The molecule has 2 aromatic heterocycles. The summed E-state index contributed by atoms with van der Waals surface area (Å²) in [6.07, 6.45) is 6.07. The number of aromatic nitrogens is 2. The average Bonchev–Trinajstić information content (AvgIpc) is 3.03. The Hall–Kier alpha value is -1.81. The largest absolute Gasteiger partial charge is 0.383 e. The summed E-state index contributed by atoms with van der Waals surface area (Å²) in [5.41, 5.74) is 12.8. The van der Waals surface area contributed by atoms with Crippen LogP contribution in [0.2, 0.25) is 0 Å². The van der Waals surface area contributed by atoms with Gasteiger partial charge in [-0.15, -0.1) is 11.3 Å². The van der Waals surface area contributed by atoms with Crippen LogP contribution in [0.5, 0.6) is 0 Å². The van der Waals surface area contributed by atoms with Crippen LogP contribution in [-0.4, -0.2) is 9.38 Å². The molecule has 4 heteroatoms. The number of nitrogen functional groups attached to an aromatic ring is 1. The standard InChI is InChI=1S/C18H21N3S/c1-3-15-16(21-17(19)11(2)20-18(21)22-15)14-9-8-12-6-4-5-7-13(12)10-14/h8-10H,3-7,19H2,1-2H3. The smallest absolute Gasteiger partial charge is 0.196 e. The number of nitrogens with zero attached hydrogens (tertiary/aromatic N) is 2. The van der Waals surface area contributed by atoms with E-state index in [0.29, 0.717) is 0 Å². The zero-order chi connectivity index (χ0) is 15.3. The number of hydrogen-bond donors (Lipinski definition) is 1. The Kier molecular flexibility index (Phi) is 3.22. The third-order valence-electron chi connectivity index (χ3n) is 4.71. The maximum absolute atomic E-state index is 6.29. The Balaban J connectivity index is 1.96. The van der Waals surface area contributed by atoms with Crippen molar-refractivity contribution in [2.24, 2.45) is 0 Å². The molecule has 1 aromatic carbocycles. The molecule has 1 aliphatic rings. The van der Waals surface area contributed by atoms with Gasteiger partial charge < -0.3 is 5.73 Å². The summed E-state index contributed by atoms with van der Waals surface area (Å²) in [6.45, 7) is 4.19. The van der Waals surface area contributed by atoms with E-state index in [1.54, 1.807) is 11.3 Å². The van der Waals surface area contributed by atoms with E-state index in [4.69, 9.17) is 5.73 Å². The number of aryl methyl sites for hydroxylation is 4. The summed E-state index contributed by atoms with van der Waals surface area (Å²) in [4.78, 5) is 6.99. The van der Waals surface area contributed by atoms with E-state index in [1.165, 1.54) is 52.9 Å². The number of nitrogens with two attached hydrogens (primary N) is 1. The SMILES string of the molecule is CCc1sc2nc(C)c(N)n2c1-c1ccc2c(c1)CCCC2. The Morgan fingerprint density at radius 3 is 2.77 bits per heavy atom. The Morgan fingerprint density at radius 2 is 2.00 bits per heavy atom. The summed E-state index contributed by atoms with van der Waals surface area (Å²) >= 11 is 1.76. The van der Waals surface area contributed by atoms with E-state index in [0.717, 1.165) is 22.9 Å². The summed E-state index contributed by atoms with van der Waals surface area (Å²) in [5.74, 6) is 0.777. The molecule has 0 saturated heterocycles. The van der Waals surface area contributed by atoms with Gasteiger partial charge in [0.25, 0.3) is 0 Å². The summed E-state index contributed by atoms with van der Waals surface area (Å²) in [5, 5.41) is 0. The fraction of sp³-hybridized carbons (Fsp3) is 0.389. The van der Waals surface area contributed by atoms with E-state index in [2.05, 4.69) is 34.5 Å². The minimum Gasteiger partial charge on any atom is -0.383 e. The molecule has 0 saturated carbocycles. The number of hydrogen-bond acceptors (Lipinski definition) is 3. The lowest BCUT2D eigenvalue weighted by Gasteiger charge is -2.17. The van der Waals surface area contributed by atoms with Gasteiger partial charge >= 0.3 is 0 Å². The van der Waals surface area contributed by atoms with Crippen LogP contribution in [-0.2, 0) is 19.3 Å². The van der Waals surface area contributed by atoms with Crippen molar-refractivity contribution in [3.63, 3.8) is 0 Å². The highest BCUT2D eigenvalue weighted by atomic mass is 32.1. The molecule has 4 rings (SSSR count). The van der Waals surface area contributed by atoms with Crippen molar-refractivity contribution in [3.05, 3.63) is 39.9 Å². The van der Waals surface area contributed by atoms with Gasteiger partial charge in [0.1, 0.15) is 5.82 Å². The van der Waals surface area contributed by atoms with Crippen LogP contribution in [0.4, 0.5) is 5.82 Å². The number of thiazole rings is 1. The zero-order valence-electron chi connectivity index (χ0n) is 13.1. The molecule has 0 unspecified atom stereocenters. The quantitative estimate of drug-likeness (QED) is 0.762. The minimum absolute atomic E-state index is 0.777. The van der Waals surface area contributed by atoms with Crippen molar-refractivity contribution in [2.45, 2.75) is 46.0 Å². The highest BCUT2D eigenvalue weighted by molar-refractivity contribution is 7.17. The van der Waals surface area contributed by atoms with Gasteiger partial charge in [0, 0.05) is 10.4 Å². The van der Waals surface area contributed by atoms with E-state index in [1.807, 2.05) is 6.92 Å². The average molecular weight is 311 g/mol. The van der Waals surface area contributed by atoms with Gasteiger partial charge in [-0.25, -0.2) is 4.98 Å². The molecular weight excluding hydrogens is 290 g/mol. The van der Waals surface area contributed by atoms with Gasteiger partial charge in [-0.1, -0.05) is 19.1 Å². The second-order valence-corrected chi connectivity index (χ2v) is 7.18. The monoisotopic (exact) mass is 311 g/mol. The predicted molar refractivity (Wildman–Crippen MR) is 93.7 cm³/mol. The van der Waals surface area contributed by atoms with Crippen molar-refractivity contribution in [2.75, 3.05) is 5.73 Å². The van der Waals surface area contributed by atoms with E-state index in [-0.39, 0.29) is 0 Å². The van der Waals surface area contributed by atoms with E-state index in [9.17, 15) is 0 Å². The van der Waals surface area contributed by atoms with Crippen molar-refractivity contribution in [3.8, 4) is 11.3 Å². The summed E-state index contributed by atoms with van der Waals surface area (Å²) in [7, 11) is 0. The van der Waals surface area contributed by atoms with Gasteiger partial charge in [-0.05, 0) is 56.2 Å². The fourth-order valence-corrected chi connectivity index (χ4v) is 4.63. The van der Waals surface area contributed by atoms with Crippen LogP contribution in [0.1, 0.15) is 41.5 Å². The van der Waals surface area contributed by atoms with Crippen LogP contribution in [0.3, 0.4) is 0 Å². The number of rotatable bonds is 2. The molecular formula is C18H21N3S. The molecule has 0 bridgehead atoms. The summed E-state index contributed by atoms with van der Waals surface area (Å²) < 4.78 is 2.14. The maximum Gasteiger partial charge on any atom is 0.196 e. The number of benzene rings is 1. The van der Waals surface area contributed by atoms with E-state index < -0.39 is 0 Å². The molecule has 2 N–H and O–H groups in total. The lowest BCUT2D eigenvalue weighted by Crippen LogP contribution is -2.03. The van der Waals surface area contributed by atoms with Crippen LogP contribution in [0.25, 0.3) is 16.2 Å². The van der Waals surface area contributed by atoms with Crippen molar-refractivity contribution < 1.29 is 0 Å². The number of fused-ring (bicyclic) bond motifs is 2. The van der Waals surface area contributed by atoms with Crippen LogP contribution < -0.4 is 5.73 Å². The number of imidazole rings is 1. The van der Waals surface area contributed by atoms with E-state index >= 15 is 0 Å². The Morgan fingerprint density at radius 1 is 1.23 bits per heavy atom. The first-order valence-electron chi connectivity index (χ1n) is 8.07. The lowest BCUT2D eigenvalue weighted by atomic mass is 9.90. The van der Waals surface area contributed by atoms with Gasteiger partial charge in [-0.3, -0.25) is 4.40 Å². The molecule has 2 heterocycles.